The summed E-state index contributed by atoms with van der Waals surface area (Å²) in [4.78, 5) is 11.8. The second-order valence-electron chi connectivity index (χ2n) is 5.35. The van der Waals surface area contributed by atoms with Gasteiger partial charge in [-0.3, -0.25) is 4.79 Å². The zero-order chi connectivity index (χ0) is 18.4. The quantitative estimate of drug-likeness (QED) is 0.556. The number of hydrazone groups is 1. The summed E-state index contributed by atoms with van der Waals surface area (Å²) in [5.41, 5.74) is 5.05. The van der Waals surface area contributed by atoms with Crippen molar-refractivity contribution in [3.63, 3.8) is 0 Å². The number of rotatable bonds is 6. The molecular formula is C18H18BrClN2O3. The molecule has 1 N–H and O–H groups in total. The predicted octanol–water partition coefficient (Wildman–Crippen LogP) is 4.26. The van der Waals surface area contributed by atoms with Crippen LogP contribution in [0.15, 0.2) is 39.9 Å². The molecule has 0 aliphatic heterocycles. The Morgan fingerprint density at radius 2 is 1.96 bits per heavy atom. The normalized spacial score (nSPS) is 10.8. The maximum Gasteiger partial charge on any atom is 0.277 e. The molecule has 0 aliphatic rings. The van der Waals surface area contributed by atoms with E-state index in [4.69, 9.17) is 21.1 Å². The van der Waals surface area contributed by atoms with Crippen molar-refractivity contribution in [3.05, 3.63) is 56.5 Å². The highest BCUT2D eigenvalue weighted by atomic mass is 79.9. The lowest BCUT2D eigenvalue weighted by molar-refractivity contribution is -0.123. The first-order chi connectivity index (χ1) is 11.9. The zero-order valence-corrected chi connectivity index (χ0v) is 16.4. The van der Waals surface area contributed by atoms with Crippen molar-refractivity contribution < 1.29 is 14.3 Å². The fourth-order valence-corrected chi connectivity index (χ4v) is 2.78. The third kappa shape index (κ3) is 5.47. The van der Waals surface area contributed by atoms with Gasteiger partial charge in [-0.25, -0.2) is 5.43 Å². The molecule has 0 aromatic heterocycles. The molecule has 0 spiro atoms. The zero-order valence-electron chi connectivity index (χ0n) is 14.1. The average Bonchev–Trinajstić information content (AvgIpc) is 2.58. The minimum Gasteiger partial charge on any atom is -0.496 e. The lowest BCUT2D eigenvalue weighted by Gasteiger charge is -2.09. The molecule has 0 heterocycles. The lowest BCUT2D eigenvalue weighted by atomic mass is 10.1. The fraction of sp³-hybridized carbons (Fsp3) is 0.222. The molecule has 132 valence electrons. The van der Waals surface area contributed by atoms with Crippen LogP contribution in [0.2, 0.25) is 5.02 Å². The number of methoxy groups -OCH3 is 1. The van der Waals surface area contributed by atoms with E-state index < -0.39 is 0 Å². The van der Waals surface area contributed by atoms with Gasteiger partial charge in [-0.2, -0.15) is 5.10 Å². The molecule has 5 nitrogen and oxygen atoms in total. The van der Waals surface area contributed by atoms with E-state index in [1.165, 1.54) is 0 Å². The summed E-state index contributed by atoms with van der Waals surface area (Å²) in [6.07, 6.45) is 1.54. The number of hydrogen-bond acceptors (Lipinski definition) is 4. The molecule has 0 fully saturated rings. The maximum atomic E-state index is 11.8. The van der Waals surface area contributed by atoms with Gasteiger partial charge in [0, 0.05) is 5.02 Å². The summed E-state index contributed by atoms with van der Waals surface area (Å²) in [6.45, 7) is 3.64. The minimum absolute atomic E-state index is 0.135. The molecule has 0 aliphatic carbocycles. The molecule has 2 aromatic rings. The van der Waals surface area contributed by atoms with Crippen LogP contribution in [0.4, 0.5) is 0 Å². The van der Waals surface area contributed by atoms with Gasteiger partial charge in [-0.1, -0.05) is 11.6 Å². The molecule has 0 bridgehead atoms. The van der Waals surface area contributed by atoms with Gasteiger partial charge in [0.2, 0.25) is 0 Å². The first-order valence-electron chi connectivity index (χ1n) is 7.45. The molecule has 0 saturated heterocycles. The van der Waals surface area contributed by atoms with E-state index in [1.807, 2.05) is 32.0 Å². The van der Waals surface area contributed by atoms with E-state index in [0.717, 1.165) is 26.9 Å². The third-order valence-electron chi connectivity index (χ3n) is 3.36. The number of carbonyl (C=O) groups is 1. The molecule has 0 saturated carbocycles. The Morgan fingerprint density at radius 3 is 2.56 bits per heavy atom. The highest BCUT2D eigenvalue weighted by Crippen LogP contribution is 2.26. The number of nitrogens with one attached hydrogen (secondary N) is 1. The van der Waals surface area contributed by atoms with Crippen molar-refractivity contribution in [2.24, 2.45) is 5.10 Å². The average molecular weight is 426 g/mol. The van der Waals surface area contributed by atoms with Crippen molar-refractivity contribution >= 4 is 39.7 Å². The molecule has 0 unspecified atom stereocenters. The lowest BCUT2D eigenvalue weighted by Crippen LogP contribution is -2.24. The Labute approximate surface area is 160 Å². The second kappa shape index (κ2) is 8.87. The number of hydrogen-bond donors (Lipinski definition) is 1. The molecule has 0 radical (unpaired) electrons. The van der Waals surface area contributed by atoms with Crippen molar-refractivity contribution in [1.82, 2.24) is 5.43 Å². The minimum atomic E-state index is -0.353. The first kappa shape index (κ1) is 19.3. The smallest absolute Gasteiger partial charge is 0.277 e. The summed E-state index contributed by atoms with van der Waals surface area (Å²) in [5.74, 6) is 0.967. The largest absolute Gasteiger partial charge is 0.496 e. The van der Waals surface area contributed by atoms with E-state index >= 15 is 0 Å². The van der Waals surface area contributed by atoms with Crippen molar-refractivity contribution in [2.45, 2.75) is 13.8 Å². The summed E-state index contributed by atoms with van der Waals surface area (Å²) in [5, 5.41) is 4.61. The standard InChI is InChI=1S/C18H18BrClN2O3/c1-11-6-14(7-12(2)18(11)20)25-10-17(23)22-21-9-13-4-5-16(24-3)15(19)8-13/h4-9H,10H2,1-3H3,(H,22,23). The van der Waals surface area contributed by atoms with Crippen LogP contribution in [0.5, 0.6) is 11.5 Å². The predicted molar refractivity (Wildman–Crippen MR) is 103 cm³/mol. The summed E-state index contributed by atoms with van der Waals surface area (Å²) >= 11 is 9.50. The number of ether oxygens (including phenoxy) is 2. The Bertz CT molecular complexity index is 786. The van der Waals surface area contributed by atoms with E-state index in [-0.39, 0.29) is 12.5 Å². The van der Waals surface area contributed by atoms with Crippen LogP contribution in [0.1, 0.15) is 16.7 Å². The van der Waals surface area contributed by atoms with E-state index in [1.54, 1.807) is 25.5 Å². The highest BCUT2D eigenvalue weighted by molar-refractivity contribution is 9.10. The van der Waals surface area contributed by atoms with Crippen LogP contribution >= 0.6 is 27.5 Å². The number of nitrogens with zero attached hydrogens (tertiary/aromatic N) is 1. The molecular weight excluding hydrogens is 408 g/mol. The first-order valence-corrected chi connectivity index (χ1v) is 8.62. The van der Waals surface area contributed by atoms with Gasteiger partial charge in [0.25, 0.3) is 5.91 Å². The number of benzene rings is 2. The molecule has 0 atom stereocenters. The third-order valence-corrected chi connectivity index (χ3v) is 4.57. The summed E-state index contributed by atoms with van der Waals surface area (Å²) in [6, 6.07) is 9.06. The van der Waals surface area contributed by atoms with E-state index in [0.29, 0.717) is 10.8 Å². The van der Waals surface area contributed by atoms with Gasteiger partial charge >= 0.3 is 0 Å². The van der Waals surface area contributed by atoms with Crippen molar-refractivity contribution in [3.8, 4) is 11.5 Å². The summed E-state index contributed by atoms with van der Waals surface area (Å²) < 4.78 is 11.4. The van der Waals surface area contributed by atoms with Crippen LogP contribution in [-0.4, -0.2) is 25.8 Å². The molecule has 2 rings (SSSR count). The van der Waals surface area contributed by atoms with Gasteiger partial charge in [0.1, 0.15) is 11.5 Å². The van der Waals surface area contributed by atoms with Gasteiger partial charge in [-0.05, 0) is 76.8 Å². The van der Waals surface area contributed by atoms with Gasteiger partial charge in [-0.15, -0.1) is 0 Å². The van der Waals surface area contributed by atoms with E-state index in [2.05, 4.69) is 26.5 Å². The Balaban J connectivity index is 1.87. The highest BCUT2D eigenvalue weighted by Gasteiger charge is 2.06. The molecule has 7 heteroatoms. The van der Waals surface area contributed by atoms with Crippen LogP contribution in [0.3, 0.4) is 0 Å². The number of halogens is 2. The Kier molecular flexibility index (Phi) is 6.84. The van der Waals surface area contributed by atoms with Crippen LogP contribution in [0, 0.1) is 13.8 Å². The molecule has 2 aromatic carbocycles. The van der Waals surface area contributed by atoms with Crippen LogP contribution in [-0.2, 0) is 4.79 Å². The molecule has 25 heavy (non-hydrogen) atoms. The number of aryl methyl sites for hydroxylation is 2. The monoisotopic (exact) mass is 424 g/mol. The Morgan fingerprint density at radius 1 is 1.28 bits per heavy atom. The van der Waals surface area contributed by atoms with Crippen LogP contribution in [0.25, 0.3) is 0 Å². The Hall–Kier alpha value is -2.05. The summed E-state index contributed by atoms with van der Waals surface area (Å²) in [7, 11) is 1.59. The van der Waals surface area contributed by atoms with Crippen molar-refractivity contribution in [1.29, 1.82) is 0 Å². The SMILES string of the molecule is COc1ccc(C=NNC(=O)COc2cc(C)c(Cl)c(C)c2)cc1Br. The van der Waals surface area contributed by atoms with Gasteiger partial charge < -0.3 is 9.47 Å². The van der Waals surface area contributed by atoms with Crippen molar-refractivity contribution in [2.75, 3.05) is 13.7 Å². The van der Waals surface area contributed by atoms with Gasteiger partial charge in [0.05, 0.1) is 17.8 Å². The molecule has 1 amide bonds. The number of carbonyl (C=O) groups excluding carboxylic acids is 1. The maximum absolute atomic E-state index is 11.8. The van der Waals surface area contributed by atoms with Gasteiger partial charge in [0.15, 0.2) is 6.61 Å². The van der Waals surface area contributed by atoms with E-state index in [9.17, 15) is 4.79 Å². The fourth-order valence-electron chi connectivity index (χ4n) is 2.11. The second-order valence-corrected chi connectivity index (χ2v) is 6.58. The number of amides is 1. The van der Waals surface area contributed by atoms with Crippen LogP contribution < -0.4 is 14.9 Å². The topological polar surface area (TPSA) is 59.9 Å².